The molecule has 0 fully saturated rings. The van der Waals surface area contributed by atoms with Gasteiger partial charge in [0.15, 0.2) is 0 Å². The monoisotopic (exact) mass is 473 g/mol. The van der Waals surface area contributed by atoms with Crippen molar-refractivity contribution in [3.8, 4) is 11.1 Å². The number of fused-ring (bicyclic) bond motifs is 1. The SMILES string of the molecule is CCCN(Cc1cccc(-c2ccc3ncnc(Nc4ccccc4)c3c2)c1)C(=O)c1ccncc1. The predicted octanol–water partition coefficient (Wildman–Crippen LogP) is 6.49. The molecule has 5 aromatic rings. The van der Waals surface area contributed by atoms with E-state index in [1.807, 2.05) is 47.4 Å². The molecule has 1 N–H and O–H groups in total. The van der Waals surface area contributed by atoms with Gasteiger partial charge in [0, 0.05) is 42.1 Å². The lowest BCUT2D eigenvalue weighted by atomic mass is 10.0. The summed E-state index contributed by atoms with van der Waals surface area (Å²) in [6.07, 6.45) is 5.78. The number of rotatable bonds is 8. The van der Waals surface area contributed by atoms with Crippen molar-refractivity contribution in [1.82, 2.24) is 19.9 Å². The number of benzene rings is 3. The summed E-state index contributed by atoms with van der Waals surface area (Å²) in [5.74, 6) is 0.783. The van der Waals surface area contributed by atoms with Crippen molar-refractivity contribution in [3.63, 3.8) is 0 Å². The first-order valence-corrected chi connectivity index (χ1v) is 12.1. The molecule has 0 radical (unpaired) electrons. The van der Waals surface area contributed by atoms with E-state index in [0.29, 0.717) is 18.7 Å². The molecule has 6 heteroatoms. The quantitative estimate of drug-likeness (QED) is 0.279. The zero-order valence-corrected chi connectivity index (χ0v) is 20.1. The summed E-state index contributed by atoms with van der Waals surface area (Å²) in [4.78, 5) is 28.0. The van der Waals surface area contributed by atoms with Gasteiger partial charge in [-0.05, 0) is 65.6 Å². The van der Waals surface area contributed by atoms with Crippen LogP contribution in [0.1, 0.15) is 29.3 Å². The van der Waals surface area contributed by atoms with E-state index in [4.69, 9.17) is 0 Å². The van der Waals surface area contributed by atoms with E-state index < -0.39 is 0 Å². The van der Waals surface area contributed by atoms with Gasteiger partial charge in [0.2, 0.25) is 0 Å². The highest BCUT2D eigenvalue weighted by atomic mass is 16.2. The molecule has 0 saturated carbocycles. The first-order valence-electron chi connectivity index (χ1n) is 12.1. The largest absolute Gasteiger partial charge is 0.340 e. The summed E-state index contributed by atoms with van der Waals surface area (Å²) in [6.45, 7) is 3.31. The standard InChI is InChI=1S/C30H27N5O/c1-2-17-35(30(36)23-13-15-31-16-14-23)20-22-7-6-8-24(18-22)25-11-12-28-27(19-25)29(33-21-32-28)34-26-9-4-3-5-10-26/h3-16,18-19,21H,2,17,20H2,1H3,(H,32,33,34). The number of amides is 1. The summed E-state index contributed by atoms with van der Waals surface area (Å²) < 4.78 is 0. The zero-order chi connectivity index (χ0) is 24.7. The Morgan fingerprint density at radius 1 is 0.861 bits per heavy atom. The Kier molecular flexibility index (Phi) is 6.94. The van der Waals surface area contributed by atoms with Gasteiger partial charge in [0.25, 0.3) is 5.91 Å². The molecule has 0 bridgehead atoms. The number of anilines is 2. The van der Waals surface area contributed by atoms with Crippen molar-refractivity contribution in [3.05, 3.63) is 115 Å². The number of carbonyl (C=O) groups excluding carboxylic acids is 1. The van der Waals surface area contributed by atoms with Crippen LogP contribution in [0.2, 0.25) is 0 Å². The number of hydrogen-bond acceptors (Lipinski definition) is 5. The van der Waals surface area contributed by atoms with Crippen LogP contribution in [-0.2, 0) is 6.54 Å². The number of hydrogen-bond donors (Lipinski definition) is 1. The highest BCUT2D eigenvalue weighted by Crippen LogP contribution is 2.29. The maximum Gasteiger partial charge on any atom is 0.254 e. The minimum atomic E-state index is 0.0177. The van der Waals surface area contributed by atoms with E-state index in [1.165, 1.54) is 0 Å². The Morgan fingerprint density at radius 2 is 1.67 bits per heavy atom. The maximum absolute atomic E-state index is 13.1. The van der Waals surface area contributed by atoms with Gasteiger partial charge in [-0.3, -0.25) is 9.78 Å². The van der Waals surface area contributed by atoms with Crippen LogP contribution in [0.4, 0.5) is 11.5 Å². The Bertz CT molecular complexity index is 1470. The van der Waals surface area contributed by atoms with Crippen LogP contribution in [0.15, 0.2) is 104 Å². The third-order valence-electron chi connectivity index (χ3n) is 6.01. The van der Waals surface area contributed by atoms with Crippen LogP contribution in [0.25, 0.3) is 22.0 Å². The molecule has 0 saturated heterocycles. The molecular weight excluding hydrogens is 446 g/mol. The molecule has 2 aromatic heterocycles. The topological polar surface area (TPSA) is 71.0 Å². The van der Waals surface area contributed by atoms with E-state index in [2.05, 4.69) is 57.5 Å². The lowest BCUT2D eigenvalue weighted by molar-refractivity contribution is 0.0743. The first-order chi connectivity index (χ1) is 17.7. The van der Waals surface area contributed by atoms with Gasteiger partial charge in [-0.25, -0.2) is 9.97 Å². The molecule has 0 unspecified atom stereocenters. The summed E-state index contributed by atoms with van der Waals surface area (Å²) >= 11 is 0. The van der Waals surface area contributed by atoms with Gasteiger partial charge in [-0.1, -0.05) is 49.4 Å². The Labute approximate surface area is 210 Å². The fraction of sp³-hybridized carbons (Fsp3) is 0.133. The summed E-state index contributed by atoms with van der Waals surface area (Å²) in [5.41, 5.74) is 5.73. The number of aromatic nitrogens is 3. The highest BCUT2D eigenvalue weighted by molar-refractivity contribution is 5.95. The third kappa shape index (κ3) is 5.23. The summed E-state index contributed by atoms with van der Waals surface area (Å²) in [6, 6.07) is 28.1. The van der Waals surface area contributed by atoms with Gasteiger partial charge in [-0.15, -0.1) is 0 Å². The van der Waals surface area contributed by atoms with Crippen LogP contribution < -0.4 is 5.32 Å². The number of nitrogens with one attached hydrogen (secondary N) is 1. The van der Waals surface area contributed by atoms with E-state index in [0.717, 1.165) is 45.5 Å². The minimum absolute atomic E-state index is 0.0177. The average Bonchev–Trinajstić information content (AvgIpc) is 2.93. The minimum Gasteiger partial charge on any atom is -0.340 e. The normalized spacial score (nSPS) is 10.8. The lowest BCUT2D eigenvalue weighted by Crippen LogP contribution is -2.31. The van der Waals surface area contributed by atoms with E-state index in [1.54, 1.807) is 30.9 Å². The van der Waals surface area contributed by atoms with Gasteiger partial charge in [0.1, 0.15) is 12.1 Å². The van der Waals surface area contributed by atoms with Crippen molar-refractivity contribution in [1.29, 1.82) is 0 Å². The predicted molar refractivity (Wildman–Crippen MR) is 144 cm³/mol. The van der Waals surface area contributed by atoms with E-state index in [-0.39, 0.29) is 5.91 Å². The Hall–Kier alpha value is -4.58. The van der Waals surface area contributed by atoms with Gasteiger partial charge < -0.3 is 10.2 Å². The van der Waals surface area contributed by atoms with Crippen LogP contribution in [0.5, 0.6) is 0 Å². The van der Waals surface area contributed by atoms with Crippen molar-refractivity contribution < 1.29 is 4.79 Å². The van der Waals surface area contributed by atoms with Gasteiger partial charge >= 0.3 is 0 Å². The van der Waals surface area contributed by atoms with Crippen molar-refractivity contribution >= 4 is 28.3 Å². The van der Waals surface area contributed by atoms with Crippen LogP contribution in [0, 0.1) is 0 Å². The molecule has 36 heavy (non-hydrogen) atoms. The van der Waals surface area contributed by atoms with Crippen molar-refractivity contribution in [2.45, 2.75) is 19.9 Å². The zero-order valence-electron chi connectivity index (χ0n) is 20.1. The molecule has 2 heterocycles. The summed E-state index contributed by atoms with van der Waals surface area (Å²) in [7, 11) is 0. The molecule has 5 rings (SSSR count). The average molecular weight is 474 g/mol. The highest BCUT2D eigenvalue weighted by Gasteiger charge is 2.16. The fourth-order valence-corrected chi connectivity index (χ4v) is 4.26. The number of carbonyl (C=O) groups is 1. The second-order valence-corrected chi connectivity index (χ2v) is 8.61. The van der Waals surface area contributed by atoms with Crippen LogP contribution >= 0.6 is 0 Å². The van der Waals surface area contributed by atoms with Crippen LogP contribution in [-0.4, -0.2) is 32.3 Å². The van der Waals surface area contributed by atoms with Crippen molar-refractivity contribution in [2.75, 3.05) is 11.9 Å². The Balaban J connectivity index is 1.44. The first kappa shape index (κ1) is 23.2. The molecule has 0 atom stereocenters. The smallest absolute Gasteiger partial charge is 0.254 e. The molecule has 0 spiro atoms. The fourth-order valence-electron chi connectivity index (χ4n) is 4.26. The molecule has 6 nitrogen and oxygen atoms in total. The van der Waals surface area contributed by atoms with Crippen molar-refractivity contribution in [2.24, 2.45) is 0 Å². The van der Waals surface area contributed by atoms with Crippen LogP contribution in [0.3, 0.4) is 0 Å². The van der Waals surface area contributed by atoms with E-state index in [9.17, 15) is 4.79 Å². The molecule has 0 aliphatic rings. The molecular formula is C30H27N5O. The number of nitrogens with zero attached hydrogens (tertiary/aromatic N) is 4. The third-order valence-corrected chi connectivity index (χ3v) is 6.01. The molecule has 1 amide bonds. The van der Waals surface area contributed by atoms with E-state index >= 15 is 0 Å². The van der Waals surface area contributed by atoms with Gasteiger partial charge in [0.05, 0.1) is 5.52 Å². The number of pyridine rings is 1. The molecule has 3 aromatic carbocycles. The second-order valence-electron chi connectivity index (χ2n) is 8.61. The Morgan fingerprint density at radius 3 is 2.47 bits per heavy atom. The van der Waals surface area contributed by atoms with Gasteiger partial charge in [-0.2, -0.15) is 0 Å². The lowest BCUT2D eigenvalue weighted by Gasteiger charge is -2.22. The second kappa shape index (κ2) is 10.8. The molecule has 0 aliphatic heterocycles. The molecule has 178 valence electrons. The summed E-state index contributed by atoms with van der Waals surface area (Å²) in [5, 5.41) is 4.35. The molecule has 0 aliphatic carbocycles. The number of para-hydroxylation sites is 1. The maximum atomic E-state index is 13.1.